The van der Waals surface area contributed by atoms with Gasteiger partial charge in [-0.25, -0.2) is 9.78 Å². The van der Waals surface area contributed by atoms with Crippen LogP contribution in [0.5, 0.6) is 0 Å². The molecule has 2 aromatic rings. The second-order valence-electron chi connectivity index (χ2n) is 3.69. The highest BCUT2D eigenvalue weighted by Gasteiger charge is 2.02. The van der Waals surface area contributed by atoms with Gasteiger partial charge in [0.25, 0.3) is 5.56 Å². The molecule has 0 atom stereocenters. The smallest absolute Gasteiger partial charge is 0.296 e. The molecule has 0 aliphatic heterocycles. The van der Waals surface area contributed by atoms with Crippen molar-refractivity contribution in [3.05, 3.63) is 61.6 Å². The van der Waals surface area contributed by atoms with Crippen LogP contribution in [0.4, 0.5) is 0 Å². The van der Waals surface area contributed by atoms with Crippen molar-refractivity contribution < 1.29 is 0 Å². The van der Waals surface area contributed by atoms with Crippen LogP contribution in [0.1, 0.15) is 11.1 Å². The molecule has 0 unspecified atom stereocenters. The fraction of sp³-hybridized carbons (Fsp3) is 0.182. The summed E-state index contributed by atoms with van der Waals surface area (Å²) in [5.41, 5.74) is 0.533. The van der Waals surface area contributed by atoms with Crippen LogP contribution in [0, 0.1) is 6.92 Å². The lowest BCUT2D eigenvalue weighted by molar-refractivity contribution is 0.711. The van der Waals surface area contributed by atoms with E-state index in [-0.39, 0.29) is 5.56 Å². The molecule has 0 spiro atoms. The highest BCUT2D eigenvalue weighted by Crippen LogP contribution is 2.05. The van der Waals surface area contributed by atoms with E-state index in [1.807, 2.05) is 0 Å². The van der Waals surface area contributed by atoms with Gasteiger partial charge in [0.05, 0.1) is 6.54 Å². The molecule has 5 nitrogen and oxygen atoms in total. The normalized spacial score (nSPS) is 10.5. The van der Waals surface area contributed by atoms with Gasteiger partial charge in [-0.05, 0) is 18.6 Å². The summed E-state index contributed by atoms with van der Waals surface area (Å²) in [6.07, 6.45) is 3.12. The highest BCUT2D eigenvalue weighted by molar-refractivity contribution is 6.29. The third-order valence-corrected chi connectivity index (χ3v) is 2.55. The number of halogens is 1. The molecule has 0 bridgehead atoms. The molecule has 88 valence electrons. The van der Waals surface area contributed by atoms with Crippen molar-refractivity contribution in [2.75, 3.05) is 0 Å². The fourth-order valence-corrected chi connectivity index (χ4v) is 1.54. The number of pyridine rings is 1. The van der Waals surface area contributed by atoms with Gasteiger partial charge in [-0.3, -0.25) is 14.3 Å². The lowest BCUT2D eigenvalue weighted by atomic mass is 10.3. The summed E-state index contributed by atoms with van der Waals surface area (Å²) in [5, 5.41) is 0.402. The number of hydrogen-bond donors (Lipinski definition) is 1. The molecule has 0 aromatic carbocycles. The number of nitrogens with one attached hydrogen (secondary N) is 1. The third-order valence-electron chi connectivity index (χ3n) is 2.33. The monoisotopic (exact) mass is 251 g/mol. The summed E-state index contributed by atoms with van der Waals surface area (Å²) in [4.78, 5) is 28.9. The van der Waals surface area contributed by atoms with Gasteiger partial charge in [0.1, 0.15) is 5.15 Å². The van der Waals surface area contributed by atoms with E-state index in [9.17, 15) is 9.59 Å². The summed E-state index contributed by atoms with van der Waals surface area (Å²) < 4.78 is 1.42. The Morgan fingerprint density at radius 3 is 2.82 bits per heavy atom. The Hall–Kier alpha value is -1.88. The maximum atomic E-state index is 11.5. The molecule has 6 heteroatoms. The summed E-state index contributed by atoms with van der Waals surface area (Å²) >= 11 is 5.66. The zero-order valence-electron chi connectivity index (χ0n) is 9.11. The van der Waals surface area contributed by atoms with E-state index in [0.29, 0.717) is 17.3 Å². The average Bonchev–Trinajstić information content (AvgIpc) is 2.29. The van der Waals surface area contributed by atoms with E-state index >= 15 is 0 Å². The van der Waals surface area contributed by atoms with Crippen LogP contribution in [-0.2, 0) is 6.54 Å². The standard InChI is InChI=1S/C11H10ClN3O2/c1-7-5-15(11(17)14-10(7)16)6-8-2-3-9(12)13-4-8/h2-5H,6H2,1H3,(H,14,16,17). The van der Waals surface area contributed by atoms with Crippen molar-refractivity contribution >= 4 is 11.6 Å². The molecule has 0 saturated heterocycles. The van der Waals surface area contributed by atoms with Crippen molar-refractivity contribution in [3.8, 4) is 0 Å². The largest absolute Gasteiger partial charge is 0.328 e. The number of aromatic nitrogens is 3. The van der Waals surface area contributed by atoms with Gasteiger partial charge in [0.15, 0.2) is 0 Å². The maximum absolute atomic E-state index is 11.5. The highest BCUT2D eigenvalue weighted by atomic mass is 35.5. The SMILES string of the molecule is Cc1cn(Cc2ccc(Cl)nc2)c(=O)[nH]c1=O. The Morgan fingerprint density at radius 1 is 1.41 bits per heavy atom. The van der Waals surface area contributed by atoms with E-state index in [1.54, 1.807) is 25.3 Å². The predicted octanol–water partition coefficient (Wildman–Crippen LogP) is 0.942. The first-order valence-corrected chi connectivity index (χ1v) is 5.35. The molecule has 2 heterocycles. The van der Waals surface area contributed by atoms with Crippen LogP contribution < -0.4 is 11.2 Å². The zero-order valence-corrected chi connectivity index (χ0v) is 9.86. The topological polar surface area (TPSA) is 67.8 Å². The van der Waals surface area contributed by atoms with Crippen molar-refractivity contribution in [2.45, 2.75) is 13.5 Å². The number of hydrogen-bond acceptors (Lipinski definition) is 3. The lowest BCUT2D eigenvalue weighted by Crippen LogP contribution is -2.31. The molecule has 0 radical (unpaired) electrons. The van der Waals surface area contributed by atoms with Gasteiger partial charge < -0.3 is 0 Å². The second-order valence-corrected chi connectivity index (χ2v) is 4.08. The molecular formula is C11H10ClN3O2. The number of rotatable bonds is 2. The Labute approximate surface area is 102 Å². The van der Waals surface area contributed by atoms with Crippen LogP contribution in [0.3, 0.4) is 0 Å². The Morgan fingerprint density at radius 2 is 2.18 bits per heavy atom. The minimum atomic E-state index is -0.435. The first-order valence-electron chi connectivity index (χ1n) is 4.97. The molecule has 1 N–H and O–H groups in total. The minimum Gasteiger partial charge on any atom is -0.296 e. The summed E-state index contributed by atoms with van der Waals surface area (Å²) in [6, 6.07) is 3.43. The van der Waals surface area contributed by atoms with E-state index in [1.165, 1.54) is 10.8 Å². The minimum absolute atomic E-state index is 0.348. The van der Waals surface area contributed by atoms with Crippen molar-refractivity contribution in [1.29, 1.82) is 0 Å². The number of nitrogens with zero attached hydrogens (tertiary/aromatic N) is 2. The van der Waals surface area contributed by atoms with Gasteiger partial charge in [-0.2, -0.15) is 0 Å². The van der Waals surface area contributed by atoms with Gasteiger partial charge in [-0.15, -0.1) is 0 Å². The van der Waals surface area contributed by atoms with Crippen LogP contribution >= 0.6 is 11.6 Å². The Bertz CT molecular complexity index is 643. The van der Waals surface area contributed by atoms with Crippen molar-refractivity contribution in [2.24, 2.45) is 0 Å². The van der Waals surface area contributed by atoms with E-state index < -0.39 is 5.69 Å². The molecule has 0 saturated carbocycles. The number of aromatic amines is 1. The molecule has 2 aromatic heterocycles. The molecule has 0 fully saturated rings. The lowest BCUT2D eigenvalue weighted by Gasteiger charge is -2.05. The molecule has 17 heavy (non-hydrogen) atoms. The van der Waals surface area contributed by atoms with Gasteiger partial charge in [0.2, 0.25) is 0 Å². The zero-order chi connectivity index (χ0) is 12.4. The first kappa shape index (κ1) is 11.6. The average molecular weight is 252 g/mol. The molecular weight excluding hydrogens is 242 g/mol. The molecule has 0 aliphatic rings. The van der Waals surface area contributed by atoms with E-state index in [2.05, 4.69) is 9.97 Å². The maximum Gasteiger partial charge on any atom is 0.328 e. The van der Waals surface area contributed by atoms with E-state index in [4.69, 9.17) is 11.6 Å². The third kappa shape index (κ3) is 2.62. The van der Waals surface area contributed by atoms with E-state index in [0.717, 1.165) is 5.56 Å². The Balaban J connectivity index is 2.36. The Kier molecular flexibility index (Phi) is 3.10. The summed E-state index contributed by atoms with van der Waals surface area (Å²) in [5.74, 6) is 0. The van der Waals surface area contributed by atoms with Crippen LogP contribution in [0.15, 0.2) is 34.1 Å². The summed E-state index contributed by atoms with van der Waals surface area (Å²) in [7, 11) is 0. The number of aryl methyl sites for hydroxylation is 1. The van der Waals surface area contributed by atoms with Gasteiger partial charge in [0, 0.05) is 18.0 Å². The molecule has 0 aliphatic carbocycles. The van der Waals surface area contributed by atoms with Crippen LogP contribution in [0.2, 0.25) is 5.15 Å². The van der Waals surface area contributed by atoms with Crippen molar-refractivity contribution in [3.63, 3.8) is 0 Å². The second kappa shape index (κ2) is 4.55. The first-order chi connectivity index (χ1) is 8.06. The van der Waals surface area contributed by atoms with Gasteiger partial charge >= 0.3 is 5.69 Å². The fourth-order valence-electron chi connectivity index (χ4n) is 1.43. The van der Waals surface area contributed by atoms with Crippen molar-refractivity contribution in [1.82, 2.24) is 14.5 Å². The molecule has 0 amide bonds. The number of H-pyrrole nitrogens is 1. The van der Waals surface area contributed by atoms with Crippen LogP contribution in [-0.4, -0.2) is 14.5 Å². The van der Waals surface area contributed by atoms with Gasteiger partial charge in [-0.1, -0.05) is 17.7 Å². The quantitative estimate of drug-likeness (QED) is 0.808. The molecule has 2 rings (SSSR count). The predicted molar refractivity (Wildman–Crippen MR) is 64.4 cm³/mol. The van der Waals surface area contributed by atoms with Crippen LogP contribution in [0.25, 0.3) is 0 Å². The summed E-state index contributed by atoms with van der Waals surface area (Å²) in [6.45, 7) is 2.00.